The Kier molecular flexibility index (Phi) is 10.3. The van der Waals surface area contributed by atoms with E-state index in [9.17, 15) is 4.79 Å². The van der Waals surface area contributed by atoms with Crippen LogP contribution in [0.3, 0.4) is 0 Å². The highest BCUT2D eigenvalue weighted by Crippen LogP contribution is 2.03. The van der Waals surface area contributed by atoms with Gasteiger partial charge in [0.05, 0.1) is 5.56 Å². The number of amides is 1. The predicted octanol–water partition coefficient (Wildman–Crippen LogP) is 1.26. The fourth-order valence-corrected chi connectivity index (χ4v) is 2.26. The predicted molar refractivity (Wildman–Crippen MR) is 89.7 cm³/mol. The Morgan fingerprint density at radius 3 is 2.76 bits per heavy atom. The Morgan fingerprint density at radius 2 is 2.10 bits per heavy atom. The first kappa shape index (κ1) is 20.1. The van der Waals surface area contributed by atoms with Crippen LogP contribution in [0.25, 0.3) is 0 Å². The number of aryl methyl sites for hydroxylation is 1. The van der Waals surface area contributed by atoms with Gasteiger partial charge in [-0.25, -0.2) is 0 Å². The second kappa shape index (κ2) is 10.8. The molecule has 0 spiro atoms. The van der Waals surface area contributed by atoms with Gasteiger partial charge in [0.1, 0.15) is 0 Å². The molecule has 1 saturated heterocycles. The zero-order valence-electron chi connectivity index (χ0n) is 12.3. The van der Waals surface area contributed by atoms with Crippen molar-refractivity contribution in [1.29, 1.82) is 0 Å². The Bertz CT molecular complexity index is 425. The smallest absolute Gasteiger partial charge is 0.253 e. The minimum absolute atomic E-state index is 0. The molecule has 0 saturated carbocycles. The van der Waals surface area contributed by atoms with Crippen LogP contribution in [0.5, 0.6) is 0 Å². The number of nitrogens with zero attached hydrogens (tertiary/aromatic N) is 2. The van der Waals surface area contributed by atoms with Gasteiger partial charge in [0.15, 0.2) is 0 Å². The van der Waals surface area contributed by atoms with Crippen LogP contribution in [0.2, 0.25) is 0 Å². The Hall–Kier alpha value is -0.880. The lowest BCUT2D eigenvalue weighted by Crippen LogP contribution is -2.44. The third-order valence-electron chi connectivity index (χ3n) is 3.40. The molecule has 1 aromatic rings. The molecule has 5 nitrogen and oxygen atoms in total. The molecule has 1 aliphatic rings. The van der Waals surface area contributed by atoms with Crippen LogP contribution in [0, 0.1) is 6.92 Å². The van der Waals surface area contributed by atoms with E-state index in [1.807, 2.05) is 13.0 Å². The summed E-state index contributed by atoms with van der Waals surface area (Å²) in [5.41, 5.74) is 1.45. The van der Waals surface area contributed by atoms with Crippen molar-refractivity contribution in [3.05, 3.63) is 29.6 Å². The highest BCUT2D eigenvalue weighted by molar-refractivity contribution is 5.95. The van der Waals surface area contributed by atoms with Gasteiger partial charge >= 0.3 is 0 Å². The molecular formula is C14H24Cl2N4O. The van der Waals surface area contributed by atoms with Crippen LogP contribution in [0.1, 0.15) is 22.5 Å². The van der Waals surface area contributed by atoms with Crippen LogP contribution in [0.15, 0.2) is 18.3 Å². The molecule has 0 unspecified atom stereocenters. The van der Waals surface area contributed by atoms with Crippen molar-refractivity contribution in [2.75, 3.05) is 39.3 Å². The van der Waals surface area contributed by atoms with Gasteiger partial charge in [0, 0.05) is 44.6 Å². The largest absolute Gasteiger partial charge is 0.352 e. The van der Waals surface area contributed by atoms with E-state index in [4.69, 9.17) is 0 Å². The molecule has 7 heteroatoms. The maximum Gasteiger partial charge on any atom is 0.253 e. The summed E-state index contributed by atoms with van der Waals surface area (Å²) in [5, 5.41) is 6.29. The highest BCUT2D eigenvalue weighted by atomic mass is 35.5. The van der Waals surface area contributed by atoms with Gasteiger partial charge < -0.3 is 15.5 Å². The summed E-state index contributed by atoms with van der Waals surface area (Å²) in [6, 6.07) is 3.61. The topological polar surface area (TPSA) is 57.3 Å². The van der Waals surface area contributed by atoms with Crippen LogP contribution < -0.4 is 10.6 Å². The van der Waals surface area contributed by atoms with E-state index in [1.54, 1.807) is 12.3 Å². The molecule has 2 heterocycles. The molecule has 120 valence electrons. The number of aromatic nitrogens is 1. The maximum atomic E-state index is 11.9. The van der Waals surface area contributed by atoms with Gasteiger partial charge in [-0.1, -0.05) is 0 Å². The lowest BCUT2D eigenvalue weighted by Gasteiger charge is -2.27. The van der Waals surface area contributed by atoms with Gasteiger partial charge in [-0.3, -0.25) is 9.78 Å². The van der Waals surface area contributed by atoms with Crippen molar-refractivity contribution in [2.45, 2.75) is 13.3 Å². The van der Waals surface area contributed by atoms with E-state index in [2.05, 4.69) is 20.5 Å². The van der Waals surface area contributed by atoms with Crippen molar-refractivity contribution in [3.63, 3.8) is 0 Å². The zero-order valence-corrected chi connectivity index (χ0v) is 13.9. The molecule has 21 heavy (non-hydrogen) atoms. The molecule has 0 atom stereocenters. The Morgan fingerprint density at radius 1 is 1.38 bits per heavy atom. The van der Waals surface area contributed by atoms with Gasteiger partial charge in [0.2, 0.25) is 0 Å². The molecular weight excluding hydrogens is 311 g/mol. The third kappa shape index (κ3) is 6.61. The number of rotatable bonds is 5. The first-order valence-electron chi connectivity index (χ1n) is 6.90. The number of pyridine rings is 1. The summed E-state index contributed by atoms with van der Waals surface area (Å²) in [7, 11) is 0. The molecule has 1 aliphatic heterocycles. The molecule has 1 aromatic heterocycles. The number of hydrogen-bond acceptors (Lipinski definition) is 4. The fraction of sp³-hybridized carbons (Fsp3) is 0.571. The van der Waals surface area contributed by atoms with E-state index < -0.39 is 0 Å². The maximum absolute atomic E-state index is 11.9. The number of carbonyl (C=O) groups is 1. The lowest BCUT2D eigenvalue weighted by molar-refractivity contribution is 0.0950. The number of halogens is 2. The molecule has 2 N–H and O–H groups in total. The third-order valence-corrected chi connectivity index (χ3v) is 3.40. The molecule has 1 amide bonds. The summed E-state index contributed by atoms with van der Waals surface area (Å²) >= 11 is 0. The SMILES string of the molecule is Cc1ncccc1C(=O)NCCCN1CCNCC1.Cl.Cl. The van der Waals surface area contributed by atoms with Gasteiger partial charge in [-0.2, -0.15) is 0 Å². The molecule has 0 aromatic carbocycles. The van der Waals surface area contributed by atoms with Crippen LogP contribution in [-0.2, 0) is 0 Å². The lowest BCUT2D eigenvalue weighted by atomic mass is 10.2. The van der Waals surface area contributed by atoms with Crippen LogP contribution in [0.4, 0.5) is 0 Å². The second-order valence-corrected chi connectivity index (χ2v) is 4.84. The molecule has 2 rings (SSSR count). The molecule has 0 radical (unpaired) electrons. The van der Waals surface area contributed by atoms with Crippen molar-refractivity contribution in [3.8, 4) is 0 Å². The highest BCUT2D eigenvalue weighted by Gasteiger charge is 2.10. The number of hydrogen-bond donors (Lipinski definition) is 2. The van der Waals surface area contributed by atoms with Crippen LogP contribution >= 0.6 is 24.8 Å². The van der Waals surface area contributed by atoms with E-state index >= 15 is 0 Å². The summed E-state index contributed by atoms with van der Waals surface area (Å²) < 4.78 is 0. The number of carbonyl (C=O) groups excluding carboxylic acids is 1. The Labute approximate surface area is 138 Å². The average Bonchev–Trinajstić information content (AvgIpc) is 2.45. The minimum atomic E-state index is -0.0223. The summed E-state index contributed by atoms with van der Waals surface area (Å²) in [4.78, 5) is 18.5. The average molecular weight is 335 g/mol. The van der Waals surface area contributed by atoms with E-state index in [0.717, 1.165) is 51.4 Å². The normalized spacial score (nSPS) is 14.7. The summed E-state index contributed by atoms with van der Waals surface area (Å²) in [6.07, 6.45) is 2.70. The standard InChI is InChI=1S/C14H22N4O.2ClH/c1-12-13(4-2-5-16-12)14(19)17-6-3-9-18-10-7-15-8-11-18;;/h2,4-5,15H,3,6-11H2,1H3,(H,17,19);2*1H. The number of piperazine rings is 1. The van der Waals surface area contributed by atoms with Gasteiger partial charge in [0.25, 0.3) is 5.91 Å². The first-order valence-corrected chi connectivity index (χ1v) is 6.90. The summed E-state index contributed by atoms with van der Waals surface area (Å²) in [5.74, 6) is -0.0223. The molecule has 0 bridgehead atoms. The van der Waals surface area contributed by atoms with Gasteiger partial charge in [-0.15, -0.1) is 24.8 Å². The molecule has 0 aliphatic carbocycles. The van der Waals surface area contributed by atoms with Crippen molar-refractivity contribution in [1.82, 2.24) is 20.5 Å². The van der Waals surface area contributed by atoms with Crippen molar-refractivity contribution < 1.29 is 4.79 Å². The van der Waals surface area contributed by atoms with E-state index in [1.165, 1.54) is 0 Å². The first-order chi connectivity index (χ1) is 9.27. The van der Waals surface area contributed by atoms with Crippen molar-refractivity contribution in [2.24, 2.45) is 0 Å². The fourth-order valence-electron chi connectivity index (χ4n) is 2.26. The van der Waals surface area contributed by atoms with E-state index in [-0.39, 0.29) is 30.7 Å². The Balaban J connectivity index is 0.00000200. The van der Waals surface area contributed by atoms with Crippen LogP contribution in [-0.4, -0.2) is 55.1 Å². The second-order valence-electron chi connectivity index (χ2n) is 4.84. The number of nitrogens with one attached hydrogen (secondary N) is 2. The zero-order chi connectivity index (χ0) is 13.5. The van der Waals surface area contributed by atoms with Crippen molar-refractivity contribution >= 4 is 30.7 Å². The minimum Gasteiger partial charge on any atom is -0.352 e. The quantitative estimate of drug-likeness (QED) is 0.796. The summed E-state index contributed by atoms with van der Waals surface area (Å²) in [6.45, 7) is 7.98. The van der Waals surface area contributed by atoms with E-state index in [0.29, 0.717) is 5.56 Å². The van der Waals surface area contributed by atoms with Gasteiger partial charge in [-0.05, 0) is 32.0 Å². The monoisotopic (exact) mass is 334 g/mol. The molecule has 1 fully saturated rings.